The summed E-state index contributed by atoms with van der Waals surface area (Å²) >= 11 is 1.61. The van der Waals surface area contributed by atoms with Gasteiger partial charge in [0, 0.05) is 36.6 Å². The first-order valence-corrected chi connectivity index (χ1v) is 8.22. The van der Waals surface area contributed by atoms with Crippen molar-refractivity contribution in [1.82, 2.24) is 14.7 Å². The molecule has 0 spiro atoms. The van der Waals surface area contributed by atoms with Crippen LogP contribution >= 0.6 is 35.3 Å². The van der Waals surface area contributed by atoms with Crippen LogP contribution in [0.1, 0.15) is 5.69 Å². The first-order chi connectivity index (χ1) is 11.7. The number of nitrogens with one attached hydrogen (secondary N) is 2. The van der Waals surface area contributed by atoms with E-state index in [2.05, 4.69) is 20.6 Å². The van der Waals surface area contributed by atoms with Gasteiger partial charge in [0.1, 0.15) is 0 Å². The molecule has 2 aromatic heterocycles. The largest absolute Gasteiger partial charge is 0.493 e. The molecule has 0 unspecified atom stereocenters. The van der Waals surface area contributed by atoms with Crippen LogP contribution in [0, 0.1) is 0 Å². The third kappa shape index (κ3) is 4.54. The van der Waals surface area contributed by atoms with Gasteiger partial charge < -0.3 is 20.1 Å². The third-order valence-electron chi connectivity index (χ3n) is 3.45. The van der Waals surface area contributed by atoms with Gasteiger partial charge in [-0.15, -0.1) is 35.3 Å². The van der Waals surface area contributed by atoms with Gasteiger partial charge in [-0.2, -0.15) is 0 Å². The number of guanidine groups is 1. The van der Waals surface area contributed by atoms with Crippen molar-refractivity contribution in [2.45, 2.75) is 6.54 Å². The van der Waals surface area contributed by atoms with Gasteiger partial charge in [0.05, 0.1) is 26.5 Å². The minimum Gasteiger partial charge on any atom is -0.493 e. The van der Waals surface area contributed by atoms with E-state index in [-0.39, 0.29) is 24.0 Å². The predicted molar refractivity (Wildman–Crippen MR) is 112 cm³/mol. The molecule has 0 atom stereocenters. The van der Waals surface area contributed by atoms with E-state index in [4.69, 9.17) is 9.47 Å². The molecule has 7 nitrogen and oxygen atoms in total. The number of hydrogen-bond acceptors (Lipinski definition) is 5. The van der Waals surface area contributed by atoms with Gasteiger partial charge in [-0.3, -0.25) is 9.39 Å². The van der Waals surface area contributed by atoms with E-state index < -0.39 is 0 Å². The van der Waals surface area contributed by atoms with E-state index in [0.29, 0.717) is 24.0 Å². The van der Waals surface area contributed by atoms with E-state index in [9.17, 15) is 0 Å². The summed E-state index contributed by atoms with van der Waals surface area (Å²) in [6, 6.07) is 5.61. The Balaban J connectivity index is 0.00000225. The van der Waals surface area contributed by atoms with E-state index in [0.717, 1.165) is 16.3 Å². The highest BCUT2D eigenvalue weighted by atomic mass is 127. The molecule has 9 heteroatoms. The van der Waals surface area contributed by atoms with Crippen LogP contribution in [0.25, 0.3) is 4.96 Å². The van der Waals surface area contributed by atoms with Gasteiger partial charge in [0.2, 0.25) is 0 Å². The highest BCUT2D eigenvalue weighted by molar-refractivity contribution is 14.0. The zero-order chi connectivity index (χ0) is 16.9. The lowest BCUT2D eigenvalue weighted by molar-refractivity contribution is 0.355. The molecular weight excluding hydrogens is 453 g/mol. The highest BCUT2D eigenvalue weighted by Crippen LogP contribution is 2.29. The second-order valence-corrected chi connectivity index (χ2v) is 5.82. The van der Waals surface area contributed by atoms with Crippen molar-refractivity contribution >= 4 is 51.9 Å². The molecule has 0 amide bonds. The normalized spacial score (nSPS) is 11.1. The molecule has 0 aliphatic carbocycles. The molecule has 134 valence electrons. The Morgan fingerprint density at radius 3 is 2.76 bits per heavy atom. The molecule has 0 fully saturated rings. The number of benzene rings is 1. The first kappa shape index (κ1) is 19.3. The number of anilines is 1. The molecule has 1 aromatic carbocycles. The monoisotopic (exact) mass is 473 g/mol. The Labute approximate surface area is 167 Å². The lowest BCUT2D eigenvalue weighted by Gasteiger charge is -2.13. The Kier molecular flexibility index (Phi) is 6.88. The molecule has 0 saturated carbocycles. The van der Waals surface area contributed by atoms with Crippen molar-refractivity contribution in [2.24, 2.45) is 4.99 Å². The van der Waals surface area contributed by atoms with Gasteiger partial charge in [0.15, 0.2) is 22.4 Å². The number of aliphatic imine (C=N–C) groups is 1. The molecule has 0 aliphatic rings. The molecular formula is C16H20IN5O2S. The van der Waals surface area contributed by atoms with Crippen LogP contribution in [-0.4, -0.2) is 36.6 Å². The number of rotatable bonds is 5. The Morgan fingerprint density at radius 2 is 2.08 bits per heavy atom. The minimum atomic E-state index is 0. The van der Waals surface area contributed by atoms with Crippen molar-refractivity contribution in [3.05, 3.63) is 41.7 Å². The van der Waals surface area contributed by atoms with Crippen LogP contribution in [0.3, 0.4) is 0 Å². The lowest BCUT2D eigenvalue weighted by Crippen LogP contribution is -2.30. The van der Waals surface area contributed by atoms with Crippen LogP contribution in [0.5, 0.6) is 11.5 Å². The quantitative estimate of drug-likeness (QED) is 0.338. The van der Waals surface area contributed by atoms with Crippen LogP contribution in [0.2, 0.25) is 0 Å². The van der Waals surface area contributed by atoms with Crippen LogP contribution in [0.15, 0.2) is 41.0 Å². The number of hydrogen-bond donors (Lipinski definition) is 2. The zero-order valence-electron chi connectivity index (χ0n) is 14.1. The van der Waals surface area contributed by atoms with E-state index in [1.165, 1.54) is 0 Å². The van der Waals surface area contributed by atoms with Crippen molar-refractivity contribution in [2.75, 3.05) is 26.6 Å². The molecule has 25 heavy (non-hydrogen) atoms. The number of thiazole rings is 1. The van der Waals surface area contributed by atoms with Gasteiger partial charge in [-0.05, 0) is 12.1 Å². The summed E-state index contributed by atoms with van der Waals surface area (Å²) in [5, 5.41) is 8.48. The molecule has 3 rings (SSSR count). The first-order valence-electron chi connectivity index (χ1n) is 7.34. The predicted octanol–water partition coefficient (Wildman–Crippen LogP) is 3.22. The van der Waals surface area contributed by atoms with Crippen molar-refractivity contribution < 1.29 is 9.47 Å². The second kappa shape index (κ2) is 8.90. The number of ether oxygens (including phenoxy) is 2. The number of fused-ring (bicyclic) bond motifs is 1. The van der Waals surface area contributed by atoms with Crippen LogP contribution in [0.4, 0.5) is 5.69 Å². The average molecular weight is 473 g/mol. The molecule has 0 saturated heterocycles. The smallest absolute Gasteiger partial charge is 0.195 e. The molecule has 3 aromatic rings. The summed E-state index contributed by atoms with van der Waals surface area (Å²) < 4.78 is 12.6. The van der Waals surface area contributed by atoms with Gasteiger partial charge >= 0.3 is 0 Å². The van der Waals surface area contributed by atoms with Gasteiger partial charge in [0.25, 0.3) is 0 Å². The maximum absolute atomic E-state index is 5.31. The summed E-state index contributed by atoms with van der Waals surface area (Å²) in [5.74, 6) is 2.00. The van der Waals surface area contributed by atoms with Gasteiger partial charge in [-0.1, -0.05) is 0 Å². The summed E-state index contributed by atoms with van der Waals surface area (Å²) in [6.45, 7) is 0.585. The van der Waals surface area contributed by atoms with E-state index >= 15 is 0 Å². The number of halogens is 1. The highest BCUT2D eigenvalue weighted by Gasteiger charge is 2.07. The summed E-state index contributed by atoms with van der Waals surface area (Å²) in [7, 11) is 4.95. The van der Waals surface area contributed by atoms with E-state index in [1.54, 1.807) is 32.6 Å². The van der Waals surface area contributed by atoms with Crippen molar-refractivity contribution in [1.29, 1.82) is 0 Å². The Hall–Kier alpha value is -2.01. The molecule has 0 aliphatic heterocycles. The van der Waals surface area contributed by atoms with Crippen molar-refractivity contribution in [3.8, 4) is 11.5 Å². The maximum atomic E-state index is 5.31. The lowest BCUT2D eigenvalue weighted by atomic mass is 10.3. The maximum Gasteiger partial charge on any atom is 0.195 e. The summed E-state index contributed by atoms with van der Waals surface area (Å²) in [6.07, 6.45) is 4.00. The third-order valence-corrected chi connectivity index (χ3v) is 4.22. The fourth-order valence-corrected chi connectivity index (χ4v) is 2.98. The summed E-state index contributed by atoms with van der Waals surface area (Å²) in [5.41, 5.74) is 1.81. The average Bonchev–Trinajstić information content (AvgIpc) is 3.19. The Morgan fingerprint density at radius 1 is 1.28 bits per heavy atom. The second-order valence-electron chi connectivity index (χ2n) is 4.95. The topological polar surface area (TPSA) is 72.2 Å². The molecule has 0 radical (unpaired) electrons. The standard InChI is InChI=1S/C16H19N5O2S.HI/c1-17-15(18-9-12-10-21-6-7-24-16(21)20-12)19-11-4-5-13(22-2)14(8-11)23-3;/h4-8,10H,9H2,1-3H3,(H2,17,18,19);1H. The number of methoxy groups -OCH3 is 2. The molecule has 0 bridgehead atoms. The van der Waals surface area contributed by atoms with Crippen LogP contribution in [-0.2, 0) is 6.54 Å². The Bertz CT molecular complexity index is 833. The zero-order valence-corrected chi connectivity index (χ0v) is 17.3. The fourth-order valence-electron chi connectivity index (χ4n) is 2.27. The SMILES string of the molecule is CN=C(NCc1cn2ccsc2n1)Nc1ccc(OC)c(OC)c1.I. The molecule has 2 N–H and O–H groups in total. The van der Waals surface area contributed by atoms with Crippen LogP contribution < -0.4 is 20.1 Å². The number of imidazole rings is 1. The minimum absolute atomic E-state index is 0. The summed E-state index contributed by atoms with van der Waals surface area (Å²) in [4.78, 5) is 9.75. The number of nitrogens with zero attached hydrogens (tertiary/aromatic N) is 3. The number of aromatic nitrogens is 2. The fraction of sp³-hybridized carbons (Fsp3) is 0.250. The van der Waals surface area contributed by atoms with E-state index in [1.807, 2.05) is 40.4 Å². The molecule has 2 heterocycles. The van der Waals surface area contributed by atoms with Crippen molar-refractivity contribution in [3.63, 3.8) is 0 Å². The van der Waals surface area contributed by atoms with Gasteiger partial charge in [-0.25, -0.2) is 4.98 Å².